The number of carbonyl (C=O) groups excluding carboxylic acids is 1. The number of nitrogens with one attached hydrogen (secondary N) is 1. The molecule has 1 aliphatic rings. The summed E-state index contributed by atoms with van der Waals surface area (Å²) in [7, 11) is 1.30. The molecule has 6 nitrogen and oxygen atoms in total. The lowest BCUT2D eigenvalue weighted by molar-refractivity contribution is 0.0602. The van der Waals surface area contributed by atoms with Crippen LogP contribution in [-0.4, -0.2) is 24.2 Å². The predicted octanol–water partition coefficient (Wildman–Crippen LogP) is 3.60. The van der Waals surface area contributed by atoms with Crippen molar-refractivity contribution in [1.29, 1.82) is 5.26 Å². The highest BCUT2D eigenvalue weighted by Crippen LogP contribution is 2.41. The summed E-state index contributed by atoms with van der Waals surface area (Å²) in [6.07, 6.45) is 2.86. The number of nitrogen functional groups attached to an aromatic ring is 1. The average molecular weight is 372 g/mol. The number of rotatable bonds is 3. The van der Waals surface area contributed by atoms with E-state index in [0.29, 0.717) is 17.8 Å². The summed E-state index contributed by atoms with van der Waals surface area (Å²) in [6, 6.07) is 18.2. The highest BCUT2D eigenvalue weighted by molar-refractivity contribution is 6.02. The second kappa shape index (κ2) is 7.12. The Morgan fingerprint density at radius 2 is 2.11 bits per heavy atom. The molecule has 4 rings (SSSR count). The highest BCUT2D eigenvalue weighted by atomic mass is 16.5. The second-order valence-electron chi connectivity index (χ2n) is 6.76. The number of methoxy groups -OCH3 is 1. The van der Waals surface area contributed by atoms with Gasteiger partial charge in [-0.25, -0.2) is 4.79 Å². The van der Waals surface area contributed by atoms with Crippen LogP contribution in [-0.2, 0) is 11.2 Å². The first-order valence-corrected chi connectivity index (χ1v) is 9.04. The molecule has 1 aliphatic heterocycles. The SMILES string of the molecule is COC(=O)c1cc2c(c(C#N)c1N)-c1cccn1C(Cc1ccccc1)CN2. The van der Waals surface area contributed by atoms with E-state index in [1.54, 1.807) is 6.07 Å². The Balaban J connectivity index is 1.85. The lowest BCUT2D eigenvalue weighted by atomic mass is 9.97. The van der Waals surface area contributed by atoms with Crippen molar-refractivity contribution in [3.63, 3.8) is 0 Å². The van der Waals surface area contributed by atoms with Crippen LogP contribution in [0, 0.1) is 11.3 Å². The quantitative estimate of drug-likeness (QED) is 0.541. The van der Waals surface area contributed by atoms with Gasteiger partial charge in [-0.1, -0.05) is 30.3 Å². The monoisotopic (exact) mass is 372 g/mol. The molecule has 0 fully saturated rings. The van der Waals surface area contributed by atoms with Crippen molar-refractivity contribution in [2.75, 3.05) is 24.7 Å². The van der Waals surface area contributed by atoms with Crippen molar-refractivity contribution < 1.29 is 9.53 Å². The molecule has 28 heavy (non-hydrogen) atoms. The van der Waals surface area contributed by atoms with Gasteiger partial charge in [0.05, 0.1) is 35.7 Å². The van der Waals surface area contributed by atoms with E-state index >= 15 is 0 Å². The number of hydrogen-bond donors (Lipinski definition) is 2. The molecule has 0 saturated heterocycles. The Kier molecular flexibility index (Phi) is 4.50. The Bertz CT molecular complexity index is 1080. The largest absolute Gasteiger partial charge is 0.465 e. The van der Waals surface area contributed by atoms with Crippen LogP contribution in [0.3, 0.4) is 0 Å². The minimum absolute atomic E-state index is 0.143. The number of ether oxygens (including phenoxy) is 1. The molecule has 140 valence electrons. The lowest BCUT2D eigenvalue weighted by Gasteiger charge is -2.19. The van der Waals surface area contributed by atoms with Gasteiger partial charge in [0, 0.05) is 24.0 Å². The molecule has 0 bridgehead atoms. The molecule has 3 N–H and O–H groups in total. The first kappa shape index (κ1) is 17.7. The maximum atomic E-state index is 12.1. The van der Waals surface area contributed by atoms with E-state index in [4.69, 9.17) is 10.5 Å². The van der Waals surface area contributed by atoms with Crippen LogP contribution in [0.1, 0.15) is 27.5 Å². The lowest BCUT2D eigenvalue weighted by Crippen LogP contribution is -2.19. The smallest absolute Gasteiger partial charge is 0.340 e. The fourth-order valence-corrected chi connectivity index (χ4v) is 3.81. The van der Waals surface area contributed by atoms with Crippen LogP contribution in [0.5, 0.6) is 0 Å². The third-order valence-corrected chi connectivity index (χ3v) is 5.16. The zero-order chi connectivity index (χ0) is 19.7. The van der Waals surface area contributed by atoms with Crippen LogP contribution in [0.15, 0.2) is 54.7 Å². The van der Waals surface area contributed by atoms with Gasteiger partial charge in [-0.15, -0.1) is 0 Å². The van der Waals surface area contributed by atoms with E-state index in [2.05, 4.69) is 28.1 Å². The van der Waals surface area contributed by atoms with Gasteiger partial charge >= 0.3 is 5.97 Å². The molecule has 6 heteroatoms. The fraction of sp³-hybridized carbons (Fsp3) is 0.182. The molecule has 2 heterocycles. The first-order valence-electron chi connectivity index (χ1n) is 9.04. The number of anilines is 2. The van der Waals surface area contributed by atoms with Crippen LogP contribution in [0.25, 0.3) is 11.3 Å². The van der Waals surface area contributed by atoms with E-state index in [1.807, 2.05) is 36.5 Å². The zero-order valence-electron chi connectivity index (χ0n) is 15.5. The summed E-state index contributed by atoms with van der Waals surface area (Å²) in [4.78, 5) is 12.1. The number of fused-ring (bicyclic) bond motifs is 3. The predicted molar refractivity (Wildman–Crippen MR) is 108 cm³/mol. The Morgan fingerprint density at radius 3 is 2.82 bits per heavy atom. The van der Waals surface area contributed by atoms with Gasteiger partial charge in [0.15, 0.2) is 0 Å². The van der Waals surface area contributed by atoms with Crippen molar-refractivity contribution in [2.45, 2.75) is 12.5 Å². The van der Waals surface area contributed by atoms with E-state index in [1.165, 1.54) is 12.7 Å². The van der Waals surface area contributed by atoms with Crippen molar-refractivity contribution in [2.24, 2.45) is 0 Å². The third-order valence-electron chi connectivity index (χ3n) is 5.16. The van der Waals surface area contributed by atoms with Gasteiger partial charge in [-0.2, -0.15) is 5.26 Å². The third kappa shape index (κ3) is 2.87. The van der Waals surface area contributed by atoms with Crippen LogP contribution in [0.4, 0.5) is 11.4 Å². The zero-order valence-corrected chi connectivity index (χ0v) is 15.5. The van der Waals surface area contributed by atoms with Crippen molar-refractivity contribution in [3.8, 4) is 17.3 Å². The number of hydrogen-bond acceptors (Lipinski definition) is 5. The Hall–Kier alpha value is -3.72. The fourth-order valence-electron chi connectivity index (χ4n) is 3.81. The van der Waals surface area contributed by atoms with Gasteiger partial charge in [0.25, 0.3) is 0 Å². The maximum Gasteiger partial charge on any atom is 0.340 e. The molecule has 2 aromatic carbocycles. The summed E-state index contributed by atoms with van der Waals surface area (Å²) < 4.78 is 7.00. The number of carbonyl (C=O) groups is 1. The highest BCUT2D eigenvalue weighted by Gasteiger charge is 2.27. The number of nitrogens with zero attached hydrogens (tertiary/aromatic N) is 2. The van der Waals surface area contributed by atoms with E-state index < -0.39 is 5.97 Å². The van der Waals surface area contributed by atoms with Crippen LogP contribution >= 0.6 is 0 Å². The Morgan fingerprint density at radius 1 is 1.32 bits per heavy atom. The minimum Gasteiger partial charge on any atom is -0.465 e. The second-order valence-corrected chi connectivity index (χ2v) is 6.76. The topological polar surface area (TPSA) is 93.1 Å². The van der Waals surface area contributed by atoms with Crippen LogP contribution in [0.2, 0.25) is 0 Å². The summed E-state index contributed by atoms with van der Waals surface area (Å²) in [5.41, 5.74) is 10.4. The molecule has 0 amide bonds. The molecular weight excluding hydrogens is 352 g/mol. The number of nitrogens with two attached hydrogens (primary N) is 1. The van der Waals surface area contributed by atoms with Gasteiger partial charge < -0.3 is 20.4 Å². The number of benzene rings is 2. The van der Waals surface area contributed by atoms with Crippen molar-refractivity contribution >= 4 is 17.3 Å². The molecule has 0 saturated carbocycles. The number of aromatic nitrogens is 1. The minimum atomic E-state index is -0.556. The molecule has 1 aromatic heterocycles. The maximum absolute atomic E-state index is 12.1. The molecule has 1 unspecified atom stereocenters. The summed E-state index contributed by atoms with van der Waals surface area (Å²) in [5, 5.41) is 13.2. The summed E-state index contributed by atoms with van der Waals surface area (Å²) in [6.45, 7) is 0.652. The molecular formula is C22H20N4O2. The normalized spacial score (nSPS) is 14.8. The molecule has 0 radical (unpaired) electrons. The number of nitriles is 1. The Labute approximate surface area is 163 Å². The van der Waals surface area contributed by atoms with Gasteiger partial charge in [-0.3, -0.25) is 0 Å². The van der Waals surface area contributed by atoms with Crippen molar-refractivity contribution in [3.05, 3.63) is 71.4 Å². The first-order chi connectivity index (χ1) is 13.6. The van der Waals surface area contributed by atoms with E-state index in [-0.39, 0.29) is 22.9 Å². The standard InChI is InChI=1S/C22H20N4O2/c1-28-22(27)16-11-18-20(17(12-23)21(16)24)19-8-5-9-26(19)15(13-25-18)10-14-6-3-2-4-7-14/h2-9,11,15,25H,10,13,24H2,1H3. The van der Waals surface area contributed by atoms with Gasteiger partial charge in [0.1, 0.15) is 6.07 Å². The average Bonchev–Trinajstić information content (AvgIpc) is 3.15. The number of esters is 1. The summed E-state index contributed by atoms with van der Waals surface area (Å²) >= 11 is 0. The molecule has 0 spiro atoms. The molecule has 1 atom stereocenters. The van der Waals surface area contributed by atoms with E-state index in [9.17, 15) is 10.1 Å². The van der Waals surface area contributed by atoms with Gasteiger partial charge in [-0.05, 0) is 30.2 Å². The summed E-state index contributed by atoms with van der Waals surface area (Å²) in [5.74, 6) is -0.556. The molecule has 0 aliphatic carbocycles. The van der Waals surface area contributed by atoms with Crippen molar-refractivity contribution in [1.82, 2.24) is 4.57 Å². The molecule has 3 aromatic rings. The van der Waals surface area contributed by atoms with Crippen LogP contribution < -0.4 is 11.1 Å². The van der Waals surface area contributed by atoms with Gasteiger partial charge in [0.2, 0.25) is 0 Å². The van der Waals surface area contributed by atoms with E-state index in [0.717, 1.165) is 12.1 Å².